The van der Waals surface area contributed by atoms with Gasteiger partial charge >= 0.3 is 5.97 Å². The molecule has 1 atom stereocenters. The first kappa shape index (κ1) is 16.0. The number of aliphatic carboxylic acids is 1. The third-order valence-corrected chi connectivity index (χ3v) is 3.26. The molecule has 7 nitrogen and oxygen atoms in total. The van der Waals surface area contributed by atoms with Crippen LogP contribution in [0.15, 0.2) is 30.3 Å². The topological polar surface area (TPSA) is 122 Å². The molecule has 0 aliphatic rings. The Morgan fingerprint density at radius 2 is 1.85 bits per heavy atom. The second-order valence-electron chi connectivity index (χ2n) is 3.83. The monoisotopic (exact) mass is 297 g/mol. The number of nitrogens with one attached hydrogen (secondary N) is 2. The number of hydrazine groups is 1. The zero-order valence-electron chi connectivity index (χ0n) is 10.5. The smallest absolute Gasteiger partial charge is 0.321 e. The van der Waals surface area contributed by atoms with Crippen LogP contribution in [-0.2, 0) is 9.59 Å². The first-order chi connectivity index (χ1) is 9.50. The summed E-state index contributed by atoms with van der Waals surface area (Å²) in [5.41, 5.74) is 10.2. The Morgan fingerprint density at radius 1 is 1.20 bits per heavy atom. The number of amides is 2. The summed E-state index contributed by atoms with van der Waals surface area (Å²) in [6.45, 7) is 0. The van der Waals surface area contributed by atoms with Crippen molar-refractivity contribution in [3.63, 3.8) is 0 Å². The summed E-state index contributed by atoms with van der Waals surface area (Å²) in [6, 6.07) is 7.41. The van der Waals surface area contributed by atoms with Gasteiger partial charge in [-0.2, -0.15) is 0 Å². The van der Waals surface area contributed by atoms with Gasteiger partial charge in [0.05, 0.1) is 5.75 Å². The van der Waals surface area contributed by atoms with Gasteiger partial charge in [-0.3, -0.25) is 25.2 Å². The molecule has 1 aromatic rings. The van der Waals surface area contributed by atoms with Crippen LogP contribution in [0.25, 0.3) is 0 Å². The number of carboxylic acids is 1. The van der Waals surface area contributed by atoms with Crippen LogP contribution >= 0.6 is 11.8 Å². The van der Waals surface area contributed by atoms with Gasteiger partial charge in [0.1, 0.15) is 6.04 Å². The molecule has 8 heteroatoms. The molecule has 0 saturated carbocycles. The van der Waals surface area contributed by atoms with Crippen molar-refractivity contribution in [2.75, 3.05) is 11.5 Å². The number of benzene rings is 1. The van der Waals surface area contributed by atoms with Crippen LogP contribution in [0.1, 0.15) is 10.4 Å². The van der Waals surface area contributed by atoms with Crippen molar-refractivity contribution in [1.29, 1.82) is 0 Å². The zero-order chi connectivity index (χ0) is 15.0. The van der Waals surface area contributed by atoms with Crippen LogP contribution in [0.4, 0.5) is 0 Å². The molecule has 108 valence electrons. The number of hydrogen-bond acceptors (Lipinski definition) is 5. The molecule has 0 saturated heterocycles. The van der Waals surface area contributed by atoms with Gasteiger partial charge in [0.15, 0.2) is 0 Å². The number of carbonyl (C=O) groups excluding carboxylic acids is 2. The standard InChI is InChI=1S/C12H15N3O4S/c13-9(12(18)19)6-20-7-10(16)14-15-11(17)8-4-2-1-3-5-8/h1-5,9H,6-7,13H2,(H,14,16)(H,15,17)(H,18,19)/t9-/m1/s1. The maximum absolute atomic E-state index is 11.6. The highest BCUT2D eigenvalue weighted by molar-refractivity contribution is 8.00. The maximum Gasteiger partial charge on any atom is 0.321 e. The van der Waals surface area contributed by atoms with Crippen molar-refractivity contribution in [3.8, 4) is 0 Å². The summed E-state index contributed by atoms with van der Waals surface area (Å²) in [7, 11) is 0. The van der Waals surface area contributed by atoms with Gasteiger partial charge in [-0.1, -0.05) is 18.2 Å². The molecule has 0 aromatic heterocycles. The van der Waals surface area contributed by atoms with Crippen LogP contribution < -0.4 is 16.6 Å². The van der Waals surface area contributed by atoms with E-state index in [-0.39, 0.29) is 11.5 Å². The van der Waals surface area contributed by atoms with Gasteiger partial charge in [-0.15, -0.1) is 11.8 Å². The molecule has 5 N–H and O–H groups in total. The number of hydrogen-bond donors (Lipinski definition) is 4. The van der Waals surface area contributed by atoms with Gasteiger partial charge in [0.25, 0.3) is 5.91 Å². The molecule has 0 radical (unpaired) electrons. The van der Waals surface area contributed by atoms with E-state index in [1.165, 1.54) is 0 Å². The molecule has 0 spiro atoms. The van der Waals surface area contributed by atoms with E-state index in [1.54, 1.807) is 30.3 Å². The Morgan fingerprint density at radius 3 is 2.45 bits per heavy atom. The molecule has 0 heterocycles. The van der Waals surface area contributed by atoms with Crippen molar-refractivity contribution in [2.24, 2.45) is 5.73 Å². The highest BCUT2D eigenvalue weighted by atomic mass is 32.2. The lowest BCUT2D eigenvalue weighted by molar-refractivity contribution is -0.138. The van der Waals surface area contributed by atoms with Gasteiger partial charge < -0.3 is 10.8 Å². The fourth-order valence-electron chi connectivity index (χ4n) is 1.17. The van der Waals surface area contributed by atoms with Gasteiger partial charge in [0.2, 0.25) is 5.91 Å². The fourth-order valence-corrected chi connectivity index (χ4v) is 1.95. The van der Waals surface area contributed by atoms with Crippen LogP contribution in [0.3, 0.4) is 0 Å². The molecule has 1 aromatic carbocycles. The maximum atomic E-state index is 11.6. The summed E-state index contributed by atoms with van der Waals surface area (Å²) < 4.78 is 0. The average Bonchev–Trinajstić information content (AvgIpc) is 2.45. The van der Waals surface area contributed by atoms with E-state index in [1.807, 2.05) is 0 Å². The zero-order valence-corrected chi connectivity index (χ0v) is 11.4. The lowest BCUT2D eigenvalue weighted by atomic mass is 10.2. The van der Waals surface area contributed by atoms with Crippen molar-refractivity contribution in [1.82, 2.24) is 10.9 Å². The Labute approximate surface area is 119 Å². The normalized spacial score (nSPS) is 11.4. The van der Waals surface area contributed by atoms with Crippen molar-refractivity contribution >= 4 is 29.5 Å². The second kappa shape index (κ2) is 8.18. The molecular weight excluding hydrogens is 282 g/mol. The number of nitrogens with two attached hydrogens (primary N) is 1. The Bertz CT molecular complexity index is 481. The highest BCUT2D eigenvalue weighted by Gasteiger charge is 2.12. The minimum atomic E-state index is -1.12. The number of carboxylic acid groups (broad SMARTS) is 1. The molecular formula is C12H15N3O4S. The van der Waals surface area contributed by atoms with Gasteiger partial charge in [-0.25, -0.2) is 0 Å². The average molecular weight is 297 g/mol. The van der Waals surface area contributed by atoms with E-state index in [0.717, 1.165) is 11.8 Å². The number of rotatable bonds is 6. The predicted octanol–water partition coefficient (Wildman–Crippen LogP) is -0.407. The molecule has 0 aliphatic heterocycles. The van der Waals surface area contributed by atoms with E-state index in [2.05, 4.69) is 10.9 Å². The second-order valence-corrected chi connectivity index (χ2v) is 4.86. The molecule has 1 rings (SSSR count). The quantitative estimate of drug-likeness (QED) is 0.530. The summed E-state index contributed by atoms with van der Waals surface area (Å²) in [5, 5.41) is 8.55. The summed E-state index contributed by atoms with van der Waals surface area (Å²) in [5.74, 6) is -1.84. The summed E-state index contributed by atoms with van der Waals surface area (Å²) in [6.07, 6.45) is 0. The molecule has 0 aliphatic carbocycles. The molecule has 0 fully saturated rings. The number of carbonyl (C=O) groups is 3. The fraction of sp³-hybridized carbons (Fsp3) is 0.250. The molecule has 2 amide bonds. The van der Waals surface area contributed by atoms with E-state index in [4.69, 9.17) is 10.8 Å². The summed E-state index contributed by atoms with van der Waals surface area (Å²) >= 11 is 1.08. The third-order valence-electron chi connectivity index (χ3n) is 2.20. The lowest BCUT2D eigenvalue weighted by Crippen LogP contribution is -2.42. The molecule has 0 unspecified atom stereocenters. The van der Waals surface area contributed by atoms with Crippen LogP contribution in [0, 0.1) is 0 Å². The largest absolute Gasteiger partial charge is 0.480 e. The highest BCUT2D eigenvalue weighted by Crippen LogP contribution is 2.01. The van der Waals surface area contributed by atoms with E-state index < -0.39 is 23.8 Å². The summed E-state index contributed by atoms with van der Waals surface area (Å²) in [4.78, 5) is 33.4. The molecule has 20 heavy (non-hydrogen) atoms. The molecule has 0 bridgehead atoms. The Hall–Kier alpha value is -2.06. The van der Waals surface area contributed by atoms with Gasteiger partial charge in [-0.05, 0) is 12.1 Å². The van der Waals surface area contributed by atoms with Crippen LogP contribution in [0.2, 0.25) is 0 Å². The third kappa shape index (κ3) is 5.72. The van der Waals surface area contributed by atoms with E-state index in [0.29, 0.717) is 5.56 Å². The minimum Gasteiger partial charge on any atom is -0.480 e. The minimum absolute atomic E-state index is 0.00997. The Balaban J connectivity index is 2.23. The van der Waals surface area contributed by atoms with Gasteiger partial charge in [0, 0.05) is 11.3 Å². The first-order valence-electron chi connectivity index (χ1n) is 5.71. The van der Waals surface area contributed by atoms with Crippen molar-refractivity contribution in [3.05, 3.63) is 35.9 Å². The van der Waals surface area contributed by atoms with E-state index in [9.17, 15) is 14.4 Å². The Kier molecular flexibility index (Phi) is 6.54. The van der Waals surface area contributed by atoms with E-state index >= 15 is 0 Å². The van der Waals surface area contributed by atoms with Crippen molar-refractivity contribution in [2.45, 2.75) is 6.04 Å². The van der Waals surface area contributed by atoms with Crippen LogP contribution in [-0.4, -0.2) is 40.4 Å². The lowest BCUT2D eigenvalue weighted by Gasteiger charge is -2.08. The number of thioether (sulfide) groups is 1. The SMILES string of the molecule is N[C@H](CSCC(=O)NNC(=O)c1ccccc1)C(=O)O. The van der Waals surface area contributed by atoms with Crippen molar-refractivity contribution < 1.29 is 19.5 Å². The predicted molar refractivity (Wildman–Crippen MR) is 75.0 cm³/mol. The first-order valence-corrected chi connectivity index (χ1v) is 6.86. The van der Waals surface area contributed by atoms with Crippen LogP contribution in [0.5, 0.6) is 0 Å².